The molecule has 3 N–H and O–H groups in total. The van der Waals surface area contributed by atoms with Gasteiger partial charge in [0.25, 0.3) is 0 Å². The fourth-order valence-corrected chi connectivity index (χ4v) is 0.811. The lowest BCUT2D eigenvalue weighted by Crippen LogP contribution is -2.07. The summed E-state index contributed by atoms with van der Waals surface area (Å²) in [6.07, 6.45) is 0.784. The van der Waals surface area contributed by atoms with Gasteiger partial charge >= 0.3 is 5.97 Å². The van der Waals surface area contributed by atoms with Gasteiger partial charge in [-0.15, -0.1) is 0 Å². The van der Waals surface area contributed by atoms with Crippen molar-refractivity contribution in [1.29, 1.82) is 0 Å². The zero-order valence-electron chi connectivity index (χ0n) is 4.50. The first-order valence-corrected chi connectivity index (χ1v) is 2.68. The van der Waals surface area contributed by atoms with Crippen molar-refractivity contribution >= 4 is 5.97 Å². The minimum atomic E-state index is -0.694. The average molecular weight is 115 g/mol. The number of carboxylic acids is 1. The Kier molecular flexibility index (Phi) is 1.21. The first kappa shape index (κ1) is 5.56. The molecule has 0 aromatic carbocycles. The second kappa shape index (κ2) is 1.74. The Labute approximate surface area is 47.5 Å². The summed E-state index contributed by atoms with van der Waals surface area (Å²) in [6.45, 7) is 0.525. The molecule has 1 fully saturated rings. The van der Waals surface area contributed by atoms with Crippen molar-refractivity contribution in [2.75, 3.05) is 6.54 Å². The van der Waals surface area contributed by atoms with Crippen LogP contribution in [0.2, 0.25) is 0 Å². The molecule has 1 saturated carbocycles. The van der Waals surface area contributed by atoms with Gasteiger partial charge in [0.15, 0.2) is 0 Å². The third-order valence-electron chi connectivity index (χ3n) is 1.54. The zero-order valence-corrected chi connectivity index (χ0v) is 4.50. The molecule has 0 heterocycles. The van der Waals surface area contributed by atoms with Crippen LogP contribution in [0.5, 0.6) is 0 Å². The lowest BCUT2D eigenvalue weighted by Gasteiger charge is -1.85. The molecule has 0 aromatic rings. The van der Waals surface area contributed by atoms with Gasteiger partial charge in [0, 0.05) is 0 Å². The molecule has 0 aliphatic heterocycles. The Balaban J connectivity index is 2.26. The molecule has 0 amide bonds. The molecule has 3 heteroatoms. The first-order valence-electron chi connectivity index (χ1n) is 2.68. The summed E-state index contributed by atoms with van der Waals surface area (Å²) in [5, 5.41) is 8.30. The summed E-state index contributed by atoms with van der Waals surface area (Å²) in [7, 11) is 0. The smallest absolute Gasteiger partial charge is 0.306 e. The predicted molar refractivity (Wildman–Crippen MR) is 28.3 cm³/mol. The molecule has 0 bridgehead atoms. The van der Waals surface area contributed by atoms with E-state index in [0.29, 0.717) is 6.54 Å². The summed E-state index contributed by atoms with van der Waals surface area (Å²) >= 11 is 0. The van der Waals surface area contributed by atoms with E-state index in [9.17, 15) is 4.79 Å². The Morgan fingerprint density at radius 2 is 2.50 bits per heavy atom. The number of rotatable bonds is 2. The lowest BCUT2D eigenvalue weighted by atomic mass is 10.3. The van der Waals surface area contributed by atoms with Crippen LogP contribution in [0.1, 0.15) is 6.42 Å². The molecule has 0 aromatic heterocycles. The van der Waals surface area contributed by atoms with Gasteiger partial charge in [0.05, 0.1) is 5.92 Å². The van der Waals surface area contributed by atoms with E-state index in [0.717, 1.165) is 6.42 Å². The monoisotopic (exact) mass is 115 g/mol. The summed E-state index contributed by atoms with van der Waals surface area (Å²) in [4.78, 5) is 10.1. The molecular formula is C5H9NO2. The SMILES string of the molecule is NCC1C[C@@H]1C(=O)O. The summed E-state index contributed by atoms with van der Waals surface area (Å²) in [6, 6.07) is 0. The van der Waals surface area contributed by atoms with Crippen molar-refractivity contribution in [3.8, 4) is 0 Å². The predicted octanol–water partition coefficient (Wildman–Crippen LogP) is -0.334. The van der Waals surface area contributed by atoms with Gasteiger partial charge in [0.2, 0.25) is 0 Å². The van der Waals surface area contributed by atoms with E-state index in [2.05, 4.69) is 0 Å². The molecule has 1 unspecified atom stereocenters. The molecule has 46 valence electrons. The van der Waals surface area contributed by atoms with Crippen molar-refractivity contribution in [2.24, 2.45) is 17.6 Å². The summed E-state index contributed by atoms with van der Waals surface area (Å²) in [5.41, 5.74) is 5.20. The average Bonchev–Trinajstić information content (AvgIpc) is 2.42. The molecule has 3 nitrogen and oxygen atoms in total. The van der Waals surface area contributed by atoms with Crippen LogP contribution in [0.15, 0.2) is 0 Å². The van der Waals surface area contributed by atoms with Gasteiger partial charge < -0.3 is 10.8 Å². The topological polar surface area (TPSA) is 63.3 Å². The van der Waals surface area contributed by atoms with E-state index in [1.807, 2.05) is 0 Å². The summed E-state index contributed by atoms with van der Waals surface area (Å²) in [5.74, 6) is -0.548. The summed E-state index contributed by atoms with van der Waals surface area (Å²) < 4.78 is 0. The number of carbonyl (C=O) groups is 1. The number of hydrogen-bond donors (Lipinski definition) is 2. The van der Waals surface area contributed by atoms with Gasteiger partial charge in [-0.25, -0.2) is 0 Å². The third kappa shape index (κ3) is 0.816. The van der Waals surface area contributed by atoms with Gasteiger partial charge in [-0.3, -0.25) is 4.79 Å². The van der Waals surface area contributed by atoms with Crippen LogP contribution in [0.25, 0.3) is 0 Å². The van der Waals surface area contributed by atoms with Crippen molar-refractivity contribution in [3.63, 3.8) is 0 Å². The molecule has 2 atom stereocenters. The molecule has 8 heavy (non-hydrogen) atoms. The maximum absolute atomic E-state index is 10.1. The molecule has 0 radical (unpaired) electrons. The Morgan fingerprint density at radius 1 is 1.88 bits per heavy atom. The second-order valence-electron chi connectivity index (χ2n) is 2.18. The van der Waals surface area contributed by atoms with Crippen LogP contribution in [0, 0.1) is 11.8 Å². The Morgan fingerprint density at radius 3 is 2.62 bits per heavy atom. The van der Waals surface area contributed by atoms with Gasteiger partial charge in [-0.2, -0.15) is 0 Å². The molecule has 1 aliphatic rings. The Bertz CT molecular complexity index is 113. The van der Waals surface area contributed by atoms with Crippen molar-refractivity contribution in [1.82, 2.24) is 0 Å². The fraction of sp³-hybridized carbons (Fsp3) is 0.800. The molecular weight excluding hydrogens is 106 g/mol. The maximum atomic E-state index is 10.1. The molecule has 0 spiro atoms. The van der Waals surface area contributed by atoms with Crippen LogP contribution in [0.4, 0.5) is 0 Å². The van der Waals surface area contributed by atoms with Gasteiger partial charge in [0.1, 0.15) is 0 Å². The minimum Gasteiger partial charge on any atom is -0.481 e. The third-order valence-corrected chi connectivity index (χ3v) is 1.54. The van der Waals surface area contributed by atoms with Crippen LogP contribution in [0.3, 0.4) is 0 Å². The largest absolute Gasteiger partial charge is 0.481 e. The quantitative estimate of drug-likeness (QED) is 0.517. The van der Waals surface area contributed by atoms with E-state index in [1.54, 1.807) is 0 Å². The van der Waals surface area contributed by atoms with Crippen molar-refractivity contribution < 1.29 is 9.90 Å². The fourth-order valence-electron chi connectivity index (χ4n) is 0.811. The standard InChI is InChI=1S/C5H9NO2/c6-2-3-1-4(3)5(7)8/h3-4H,1-2,6H2,(H,7,8)/t3?,4-/m0/s1. The van der Waals surface area contributed by atoms with Crippen LogP contribution in [-0.4, -0.2) is 17.6 Å². The van der Waals surface area contributed by atoms with Crippen LogP contribution in [-0.2, 0) is 4.79 Å². The van der Waals surface area contributed by atoms with Gasteiger partial charge in [-0.05, 0) is 18.9 Å². The highest BCUT2D eigenvalue weighted by atomic mass is 16.4. The van der Waals surface area contributed by atoms with Crippen LogP contribution >= 0.6 is 0 Å². The highest BCUT2D eigenvalue weighted by Gasteiger charge is 2.41. The number of nitrogens with two attached hydrogens (primary N) is 1. The van der Waals surface area contributed by atoms with Crippen LogP contribution < -0.4 is 5.73 Å². The van der Waals surface area contributed by atoms with E-state index >= 15 is 0 Å². The number of hydrogen-bond acceptors (Lipinski definition) is 2. The number of carboxylic acid groups (broad SMARTS) is 1. The van der Waals surface area contributed by atoms with E-state index in [-0.39, 0.29) is 11.8 Å². The maximum Gasteiger partial charge on any atom is 0.306 e. The second-order valence-corrected chi connectivity index (χ2v) is 2.18. The minimum absolute atomic E-state index is 0.125. The highest BCUT2D eigenvalue weighted by Crippen LogP contribution is 2.37. The lowest BCUT2D eigenvalue weighted by molar-refractivity contribution is -0.138. The zero-order chi connectivity index (χ0) is 6.15. The van der Waals surface area contributed by atoms with Gasteiger partial charge in [-0.1, -0.05) is 0 Å². The van der Waals surface area contributed by atoms with Crippen molar-refractivity contribution in [3.05, 3.63) is 0 Å². The first-order chi connectivity index (χ1) is 3.75. The normalized spacial score (nSPS) is 34.6. The molecule has 1 rings (SSSR count). The highest BCUT2D eigenvalue weighted by molar-refractivity contribution is 5.73. The molecule has 1 aliphatic carbocycles. The van der Waals surface area contributed by atoms with Crippen molar-refractivity contribution in [2.45, 2.75) is 6.42 Å². The molecule has 0 saturated heterocycles. The van der Waals surface area contributed by atoms with E-state index in [1.165, 1.54) is 0 Å². The number of aliphatic carboxylic acids is 1. The van der Waals surface area contributed by atoms with E-state index in [4.69, 9.17) is 10.8 Å². The Hall–Kier alpha value is -0.570. The van der Waals surface area contributed by atoms with E-state index < -0.39 is 5.97 Å².